The summed E-state index contributed by atoms with van der Waals surface area (Å²) in [5, 5.41) is 3.03. The fraction of sp³-hybridized carbons (Fsp3) is 0.925. The molecule has 4 aliphatic rings. The summed E-state index contributed by atoms with van der Waals surface area (Å²) in [6, 6.07) is 0. The summed E-state index contributed by atoms with van der Waals surface area (Å²) >= 11 is 0. The Hall–Kier alpha value is -1.07. The Morgan fingerprint density at radius 2 is 1.73 bits per heavy atom. The monoisotopic (exact) mass is 630 g/mol. The molecule has 0 saturated heterocycles. The molecule has 1 amide bonds. The predicted molar refractivity (Wildman–Crippen MR) is 186 cm³/mol. The number of fused-ring (bicyclic) bond motifs is 5. The Bertz CT molecular complexity index is 1000. The van der Waals surface area contributed by atoms with Gasteiger partial charge in [-0.1, -0.05) is 79.4 Å². The van der Waals surface area contributed by atoms with Gasteiger partial charge in [-0.3, -0.25) is 0 Å². The van der Waals surface area contributed by atoms with Gasteiger partial charge in [-0.25, -0.2) is 4.79 Å². The first-order valence-electron chi connectivity index (χ1n) is 18.9. The van der Waals surface area contributed by atoms with Gasteiger partial charge in [0, 0.05) is 25.5 Å². The molecule has 0 heterocycles. The van der Waals surface area contributed by atoms with E-state index in [4.69, 9.17) is 14.2 Å². The average molecular weight is 630 g/mol. The van der Waals surface area contributed by atoms with Gasteiger partial charge in [-0.05, 0) is 118 Å². The topological polar surface area (TPSA) is 56.8 Å². The van der Waals surface area contributed by atoms with Crippen LogP contribution in [0.15, 0.2) is 11.6 Å². The van der Waals surface area contributed by atoms with Crippen molar-refractivity contribution in [1.29, 1.82) is 0 Å². The largest absolute Gasteiger partial charge is 0.446 e. The third-order valence-corrected chi connectivity index (χ3v) is 13.1. The summed E-state index contributed by atoms with van der Waals surface area (Å²) < 4.78 is 17.5. The predicted octanol–water partition coefficient (Wildman–Crippen LogP) is 10.4. The zero-order valence-electron chi connectivity index (χ0n) is 31.1. The van der Waals surface area contributed by atoms with E-state index in [1.807, 2.05) is 0 Å². The summed E-state index contributed by atoms with van der Waals surface area (Å²) in [4.78, 5) is 12.8. The zero-order valence-corrected chi connectivity index (χ0v) is 31.1. The summed E-state index contributed by atoms with van der Waals surface area (Å²) in [5.41, 5.74) is 2.15. The summed E-state index contributed by atoms with van der Waals surface area (Å²) in [7, 11) is 1.73. The number of allylic oxidation sites excluding steroid dienone is 1. The van der Waals surface area contributed by atoms with Crippen molar-refractivity contribution >= 4 is 6.09 Å². The molecule has 4 aliphatic carbocycles. The third kappa shape index (κ3) is 8.89. The fourth-order valence-corrected chi connectivity index (χ4v) is 10.5. The molecule has 3 saturated carbocycles. The van der Waals surface area contributed by atoms with Crippen molar-refractivity contribution in [3.05, 3.63) is 11.6 Å². The Kier molecular flexibility index (Phi) is 12.3. The lowest BCUT2D eigenvalue weighted by molar-refractivity contribution is -0.0752. The average Bonchev–Trinajstić information content (AvgIpc) is 3.32. The third-order valence-electron chi connectivity index (χ3n) is 13.1. The summed E-state index contributed by atoms with van der Waals surface area (Å²) in [6.07, 6.45) is 18.3. The molecule has 4 rings (SSSR count). The van der Waals surface area contributed by atoms with E-state index in [0.29, 0.717) is 25.2 Å². The molecule has 5 heteroatoms. The molecule has 8 atom stereocenters. The first-order valence-corrected chi connectivity index (χ1v) is 18.9. The second-order valence-corrected chi connectivity index (χ2v) is 18.2. The van der Waals surface area contributed by atoms with Crippen molar-refractivity contribution in [3.63, 3.8) is 0 Å². The number of rotatable bonds is 15. The number of amides is 1. The molecule has 45 heavy (non-hydrogen) atoms. The Balaban J connectivity index is 1.24. The highest BCUT2D eigenvalue weighted by molar-refractivity contribution is 5.67. The molecule has 1 N–H and O–H groups in total. The maximum atomic E-state index is 12.8. The van der Waals surface area contributed by atoms with Gasteiger partial charge in [0.25, 0.3) is 0 Å². The summed E-state index contributed by atoms with van der Waals surface area (Å²) in [6.45, 7) is 23.1. The van der Waals surface area contributed by atoms with E-state index in [-0.39, 0.29) is 28.6 Å². The van der Waals surface area contributed by atoms with Crippen LogP contribution in [0, 0.1) is 51.8 Å². The number of hydrogen-bond acceptors (Lipinski definition) is 4. The van der Waals surface area contributed by atoms with Crippen LogP contribution >= 0.6 is 0 Å². The quantitative estimate of drug-likeness (QED) is 0.145. The first-order chi connectivity index (χ1) is 21.1. The first kappa shape index (κ1) is 36.8. The number of carbonyl (C=O) groups is 1. The Morgan fingerprint density at radius 1 is 0.978 bits per heavy atom. The van der Waals surface area contributed by atoms with Crippen LogP contribution < -0.4 is 5.32 Å². The SMILES string of the molecule is COCC(C)(C)COC(C)(C)CCCNC(=O)O[C@H]1CC[C@@]2(C)C(=CC[C@@H]3C2CC[C@@]2(C)C3CC[C@@H]2[C@H](C)CCCC(C)C)C1. The van der Waals surface area contributed by atoms with Crippen LogP contribution in [0.3, 0.4) is 0 Å². The van der Waals surface area contributed by atoms with Crippen LogP contribution in [0.5, 0.6) is 0 Å². The highest BCUT2D eigenvalue weighted by Crippen LogP contribution is 2.67. The molecule has 0 bridgehead atoms. The minimum atomic E-state index is -0.259. The van der Waals surface area contributed by atoms with Crippen LogP contribution in [0.25, 0.3) is 0 Å². The lowest BCUT2D eigenvalue weighted by Crippen LogP contribution is -2.51. The van der Waals surface area contributed by atoms with Gasteiger partial charge in [0.15, 0.2) is 0 Å². The molecule has 0 aromatic heterocycles. The van der Waals surface area contributed by atoms with Crippen molar-refractivity contribution < 1.29 is 19.0 Å². The molecular formula is C40H71NO4. The van der Waals surface area contributed by atoms with Gasteiger partial charge >= 0.3 is 6.09 Å². The van der Waals surface area contributed by atoms with E-state index in [9.17, 15) is 4.79 Å². The standard InChI is InChI=1S/C40H71NO4/c1-28(2)13-11-14-29(3)33-17-18-34-32-16-15-30-25-31(19-22-39(30,8)35(32)20-23-40(33,34)9)45-36(42)41-24-12-21-38(6,7)44-27-37(4,5)26-43-10/h15,28-29,31-35H,11-14,16-27H2,1-10H3,(H,41,42)/t29-,31+,32+,33-,34?,35?,39+,40-/m1/s1. The second kappa shape index (κ2) is 15.0. The van der Waals surface area contributed by atoms with Gasteiger partial charge in [0.05, 0.1) is 18.8 Å². The van der Waals surface area contributed by atoms with Gasteiger partial charge < -0.3 is 19.5 Å². The molecule has 0 spiro atoms. The van der Waals surface area contributed by atoms with Crippen molar-refractivity contribution in [2.75, 3.05) is 26.9 Å². The van der Waals surface area contributed by atoms with Crippen molar-refractivity contribution in [2.45, 2.75) is 157 Å². The minimum Gasteiger partial charge on any atom is -0.446 e. The van der Waals surface area contributed by atoms with Gasteiger partial charge in [0.2, 0.25) is 0 Å². The van der Waals surface area contributed by atoms with E-state index >= 15 is 0 Å². The Morgan fingerprint density at radius 3 is 2.44 bits per heavy atom. The zero-order chi connectivity index (χ0) is 33.0. The highest BCUT2D eigenvalue weighted by atomic mass is 16.6. The van der Waals surface area contributed by atoms with Gasteiger partial charge in [-0.2, -0.15) is 0 Å². The van der Waals surface area contributed by atoms with E-state index < -0.39 is 0 Å². The van der Waals surface area contributed by atoms with E-state index in [1.165, 1.54) is 51.4 Å². The number of alkyl carbamates (subject to hydrolysis) is 1. The molecule has 5 nitrogen and oxygen atoms in total. The number of hydrogen-bond donors (Lipinski definition) is 1. The summed E-state index contributed by atoms with van der Waals surface area (Å²) in [5.74, 6) is 5.11. The molecule has 2 unspecified atom stereocenters. The number of carbonyl (C=O) groups excluding carboxylic acids is 1. The van der Waals surface area contributed by atoms with E-state index in [2.05, 4.69) is 73.7 Å². The lowest BCUT2D eigenvalue weighted by Gasteiger charge is -2.58. The van der Waals surface area contributed by atoms with Crippen molar-refractivity contribution in [1.82, 2.24) is 5.32 Å². The normalized spacial score (nSPS) is 34.0. The molecule has 0 aromatic rings. The molecule has 0 aliphatic heterocycles. The highest BCUT2D eigenvalue weighted by Gasteiger charge is 2.59. The van der Waals surface area contributed by atoms with Crippen LogP contribution in [0.2, 0.25) is 0 Å². The fourth-order valence-electron chi connectivity index (χ4n) is 10.5. The van der Waals surface area contributed by atoms with Crippen LogP contribution in [0.1, 0.15) is 146 Å². The van der Waals surface area contributed by atoms with Crippen LogP contribution in [-0.2, 0) is 14.2 Å². The number of nitrogens with one attached hydrogen (secondary N) is 1. The van der Waals surface area contributed by atoms with Crippen molar-refractivity contribution in [3.8, 4) is 0 Å². The number of ether oxygens (including phenoxy) is 3. The van der Waals surface area contributed by atoms with Gasteiger partial charge in [0.1, 0.15) is 6.10 Å². The smallest absolute Gasteiger partial charge is 0.407 e. The number of methoxy groups -OCH3 is 1. The van der Waals surface area contributed by atoms with Crippen LogP contribution in [-0.4, -0.2) is 44.7 Å². The van der Waals surface area contributed by atoms with Gasteiger partial charge in [-0.15, -0.1) is 0 Å². The molecule has 0 radical (unpaired) electrons. The van der Waals surface area contributed by atoms with Crippen molar-refractivity contribution in [2.24, 2.45) is 51.8 Å². The maximum absolute atomic E-state index is 12.8. The minimum absolute atomic E-state index is 0.0000661. The van der Waals surface area contributed by atoms with E-state index in [1.54, 1.807) is 12.7 Å². The Labute approximate surface area is 277 Å². The maximum Gasteiger partial charge on any atom is 0.407 e. The van der Waals surface area contributed by atoms with Crippen LogP contribution in [0.4, 0.5) is 4.79 Å². The molecule has 3 fully saturated rings. The van der Waals surface area contributed by atoms with E-state index in [0.717, 1.165) is 67.6 Å². The molecule has 260 valence electrons. The second-order valence-electron chi connectivity index (χ2n) is 18.2. The lowest BCUT2D eigenvalue weighted by atomic mass is 9.47. The molecular weight excluding hydrogens is 558 g/mol. The molecule has 0 aromatic carbocycles.